The molecule has 3 aromatic carbocycles. The number of hydrogen-bond donors (Lipinski definition) is 1. The van der Waals surface area contributed by atoms with Crippen molar-refractivity contribution in [3.8, 4) is 0 Å². The van der Waals surface area contributed by atoms with Gasteiger partial charge in [0.2, 0.25) is 0 Å². The molecule has 28 heavy (non-hydrogen) atoms. The van der Waals surface area contributed by atoms with Gasteiger partial charge in [0.15, 0.2) is 0 Å². The molecule has 0 saturated carbocycles. The third-order valence-corrected chi connectivity index (χ3v) is 10.4. The summed E-state index contributed by atoms with van der Waals surface area (Å²) >= 11 is 0. The number of amides is 1. The molecule has 0 unspecified atom stereocenters. The van der Waals surface area contributed by atoms with Crippen LogP contribution in [0.4, 0.5) is 0 Å². The van der Waals surface area contributed by atoms with E-state index in [1.54, 1.807) is 0 Å². The van der Waals surface area contributed by atoms with E-state index in [1.807, 2.05) is 6.92 Å². The Bertz CT molecular complexity index is 753. The zero-order valence-corrected chi connectivity index (χ0v) is 17.6. The molecular weight excluding hydrogens is 361 g/mol. The Kier molecular flexibility index (Phi) is 7.39. The first-order valence-corrected chi connectivity index (χ1v) is 12.4. The van der Waals surface area contributed by atoms with Gasteiger partial charge in [0.05, 0.1) is 0 Å². The first kappa shape index (κ1) is 20.3. The zero-order valence-electron chi connectivity index (χ0n) is 16.6. The van der Waals surface area contributed by atoms with Crippen LogP contribution in [0.5, 0.6) is 0 Å². The molecule has 0 heterocycles. The molecule has 0 fully saturated rings. The van der Waals surface area contributed by atoms with Crippen LogP contribution in [0.2, 0.25) is 0 Å². The molecule has 0 saturated heterocycles. The molecule has 0 spiro atoms. The van der Waals surface area contributed by atoms with Crippen molar-refractivity contribution in [2.24, 2.45) is 0 Å². The van der Waals surface area contributed by atoms with Crippen molar-refractivity contribution in [1.29, 1.82) is 0 Å². The summed E-state index contributed by atoms with van der Waals surface area (Å²) in [6, 6.07) is 32.9. The second kappa shape index (κ2) is 10.2. The summed E-state index contributed by atoms with van der Waals surface area (Å²) in [5.41, 5.74) is 0. The third kappa shape index (κ3) is 4.69. The molecule has 146 valence electrons. The second-order valence-corrected chi connectivity index (χ2v) is 11.2. The monoisotopic (exact) mass is 391 g/mol. The van der Waals surface area contributed by atoms with Crippen LogP contribution in [0.15, 0.2) is 91.0 Å². The van der Waals surface area contributed by atoms with Gasteiger partial charge in [-0.25, -0.2) is 0 Å². The molecule has 0 aliphatic heterocycles. The van der Waals surface area contributed by atoms with Crippen LogP contribution in [0.1, 0.15) is 26.2 Å². The van der Waals surface area contributed by atoms with Crippen LogP contribution in [-0.2, 0) is 4.79 Å². The fourth-order valence-electron chi connectivity index (χ4n) is 4.06. The van der Waals surface area contributed by atoms with Crippen LogP contribution < -0.4 is 21.2 Å². The normalized spacial score (nSPS) is 11.8. The quantitative estimate of drug-likeness (QED) is 0.433. The summed E-state index contributed by atoms with van der Waals surface area (Å²) in [4.78, 5) is 11.9. The third-order valence-electron chi connectivity index (χ3n) is 5.38. The fraction of sp³-hybridized carbons (Fsp3) is 0.240. The summed E-state index contributed by atoms with van der Waals surface area (Å²) in [7, 11) is -2.15. The average molecular weight is 391 g/mol. The Morgan fingerprint density at radius 3 is 1.54 bits per heavy atom. The summed E-state index contributed by atoms with van der Waals surface area (Å²) in [6.07, 6.45) is 3.68. The molecule has 3 rings (SSSR count). The van der Waals surface area contributed by atoms with E-state index in [2.05, 4.69) is 96.3 Å². The van der Waals surface area contributed by atoms with Crippen molar-refractivity contribution in [1.82, 2.24) is 5.32 Å². The number of hydrogen-bond acceptors (Lipinski definition) is 1. The standard InChI is InChI=1S/C25H30NOP/c1-2-26-25(27)20-12-13-21-28(22-14-6-3-7-15-22,23-16-8-4-9-17-23)24-18-10-5-11-19-24/h3-11,14-19,28H,2,12-13,20-21H2,1H3,(H,26,27). The van der Waals surface area contributed by atoms with E-state index in [1.165, 1.54) is 15.9 Å². The second-order valence-electron chi connectivity index (χ2n) is 7.16. The molecule has 1 N–H and O–H groups in total. The van der Waals surface area contributed by atoms with E-state index >= 15 is 0 Å². The zero-order chi connectivity index (χ0) is 19.7. The van der Waals surface area contributed by atoms with Crippen molar-refractivity contribution in [2.75, 3.05) is 12.7 Å². The minimum absolute atomic E-state index is 0.161. The number of carbonyl (C=O) groups excluding carboxylic acids is 1. The summed E-state index contributed by atoms with van der Waals surface area (Å²) in [5.74, 6) is 0.161. The van der Waals surface area contributed by atoms with Gasteiger partial charge in [-0.2, -0.15) is 0 Å². The fourth-order valence-corrected chi connectivity index (χ4v) is 8.99. The minimum atomic E-state index is -2.15. The van der Waals surface area contributed by atoms with Crippen molar-refractivity contribution in [2.45, 2.75) is 26.2 Å². The van der Waals surface area contributed by atoms with Gasteiger partial charge in [0.25, 0.3) is 0 Å². The average Bonchev–Trinajstić information content (AvgIpc) is 2.76. The van der Waals surface area contributed by atoms with Crippen LogP contribution >= 0.6 is 7.26 Å². The maximum absolute atomic E-state index is 11.9. The predicted molar refractivity (Wildman–Crippen MR) is 124 cm³/mol. The van der Waals surface area contributed by atoms with Gasteiger partial charge in [0, 0.05) is 0 Å². The molecule has 3 aromatic rings. The van der Waals surface area contributed by atoms with Crippen LogP contribution in [-0.4, -0.2) is 18.6 Å². The van der Waals surface area contributed by atoms with Gasteiger partial charge < -0.3 is 0 Å². The van der Waals surface area contributed by atoms with Gasteiger partial charge in [-0.1, -0.05) is 0 Å². The van der Waals surface area contributed by atoms with Gasteiger partial charge in [0.1, 0.15) is 0 Å². The van der Waals surface area contributed by atoms with Gasteiger partial charge in [-0.05, 0) is 0 Å². The summed E-state index contributed by atoms with van der Waals surface area (Å²) in [6.45, 7) is 2.67. The molecule has 0 atom stereocenters. The summed E-state index contributed by atoms with van der Waals surface area (Å²) in [5, 5.41) is 7.22. The van der Waals surface area contributed by atoms with Crippen LogP contribution in [0, 0.1) is 0 Å². The molecule has 0 aromatic heterocycles. The first-order valence-electron chi connectivity index (χ1n) is 10.2. The van der Waals surface area contributed by atoms with E-state index in [0.717, 1.165) is 19.0 Å². The predicted octanol–water partition coefficient (Wildman–Crippen LogP) is 4.02. The maximum atomic E-state index is 11.9. The van der Waals surface area contributed by atoms with Crippen LogP contribution in [0.3, 0.4) is 0 Å². The molecule has 0 aliphatic carbocycles. The molecule has 0 radical (unpaired) electrons. The number of rotatable bonds is 9. The Labute approximate surface area is 169 Å². The van der Waals surface area contributed by atoms with Gasteiger partial charge in [-0.3, -0.25) is 0 Å². The van der Waals surface area contributed by atoms with Crippen molar-refractivity contribution in [3.05, 3.63) is 91.0 Å². The van der Waals surface area contributed by atoms with E-state index in [4.69, 9.17) is 0 Å². The van der Waals surface area contributed by atoms with Crippen molar-refractivity contribution >= 4 is 29.1 Å². The molecule has 0 bridgehead atoms. The first-order chi connectivity index (χ1) is 13.8. The Balaban J connectivity index is 1.98. The van der Waals surface area contributed by atoms with Gasteiger partial charge in [-0.15, -0.1) is 0 Å². The number of nitrogens with one attached hydrogen (secondary N) is 1. The molecule has 1 amide bonds. The molecule has 0 aliphatic rings. The van der Waals surface area contributed by atoms with Crippen molar-refractivity contribution < 1.29 is 4.79 Å². The van der Waals surface area contributed by atoms with Crippen molar-refractivity contribution in [3.63, 3.8) is 0 Å². The molecule has 3 heteroatoms. The number of benzene rings is 3. The van der Waals surface area contributed by atoms with E-state index < -0.39 is 7.26 Å². The molecular formula is C25H30NOP. The topological polar surface area (TPSA) is 29.1 Å². The number of unbranched alkanes of at least 4 members (excludes halogenated alkanes) is 1. The molecule has 2 nitrogen and oxygen atoms in total. The van der Waals surface area contributed by atoms with E-state index in [9.17, 15) is 4.79 Å². The van der Waals surface area contributed by atoms with E-state index in [-0.39, 0.29) is 5.91 Å². The van der Waals surface area contributed by atoms with E-state index in [0.29, 0.717) is 13.0 Å². The van der Waals surface area contributed by atoms with Crippen LogP contribution in [0.25, 0.3) is 0 Å². The Morgan fingerprint density at radius 1 is 0.714 bits per heavy atom. The Morgan fingerprint density at radius 2 is 1.14 bits per heavy atom. The number of carbonyl (C=O) groups is 1. The summed E-state index contributed by atoms with van der Waals surface area (Å²) < 4.78 is 0. The SMILES string of the molecule is CCNC(=O)CCCC[PH](c1ccccc1)(c1ccccc1)c1ccccc1. The Hall–Kier alpha value is -2.44. The van der Waals surface area contributed by atoms with Gasteiger partial charge >= 0.3 is 169 Å².